The molecule has 0 saturated heterocycles. The maximum absolute atomic E-state index is 6.24. The Labute approximate surface area is 285 Å². The topological polar surface area (TPSA) is 314 Å². The van der Waals surface area contributed by atoms with Gasteiger partial charge in [0.1, 0.15) is 0 Å². The molecule has 8 bridgehead atoms. The molecule has 0 spiro atoms. The van der Waals surface area contributed by atoms with Crippen LogP contribution in [-0.2, 0) is 17.1 Å². The minimum absolute atomic E-state index is 0. The molecule has 16 nitrogen and oxygen atoms in total. The smallest absolute Gasteiger partial charge is 0.397 e. The second-order valence-electron chi connectivity index (χ2n) is 11.6. The van der Waals surface area contributed by atoms with Crippen LogP contribution in [0.5, 0.6) is 0 Å². The van der Waals surface area contributed by atoms with Crippen molar-refractivity contribution >= 4 is 89.6 Å². The number of anilines is 8. The van der Waals surface area contributed by atoms with Gasteiger partial charge >= 0.3 is 17.1 Å². The van der Waals surface area contributed by atoms with E-state index in [9.17, 15) is 0 Å². The summed E-state index contributed by atoms with van der Waals surface area (Å²) in [6.45, 7) is 0. The van der Waals surface area contributed by atoms with Crippen molar-refractivity contribution in [2.45, 2.75) is 0 Å². The van der Waals surface area contributed by atoms with Gasteiger partial charge in [0.2, 0.25) is 0 Å². The fraction of sp³-hybridized carbons (Fsp3) is 0. The van der Waals surface area contributed by atoms with Crippen molar-refractivity contribution < 1.29 is 17.1 Å². The summed E-state index contributed by atoms with van der Waals surface area (Å²) in [5.74, 6) is 1.15. The van der Waals surface area contributed by atoms with Crippen molar-refractivity contribution in [1.29, 1.82) is 0 Å². The first kappa shape index (κ1) is 29.6. The van der Waals surface area contributed by atoms with Crippen LogP contribution in [0, 0.1) is 0 Å². The molecule has 49 heavy (non-hydrogen) atoms. The summed E-state index contributed by atoms with van der Waals surface area (Å²) in [5.41, 5.74) is 56.2. The quantitative estimate of drug-likeness (QED) is 0.0834. The molecule has 0 atom stereocenters. The Bertz CT molecular complexity index is 2420. The largest absolute Gasteiger partial charge is 2.00 e. The molecule has 243 valence electrons. The minimum atomic E-state index is 0. The van der Waals surface area contributed by atoms with Gasteiger partial charge < -0.3 is 75.8 Å². The van der Waals surface area contributed by atoms with Crippen molar-refractivity contribution in [1.82, 2.24) is 39.9 Å². The molecule has 0 fully saturated rings. The van der Waals surface area contributed by atoms with Gasteiger partial charge in [-0.1, -0.05) is 0 Å². The molecule has 2 aliphatic rings. The summed E-state index contributed by atoms with van der Waals surface area (Å²) in [7, 11) is 0. The van der Waals surface area contributed by atoms with E-state index in [4.69, 9.17) is 85.7 Å². The van der Waals surface area contributed by atoms with Gasteiger partial charge in [-0.2, -0.15) is 0 Å². The molecule has 5 heterocycles. The zero-order valence-electron chi connectivity index (χ0n) is 25.1. The molecule has 0 aliphatic carbocycles. The van der Waals surface area contributed by atoms with Gasteiger partial charge in [0.25, 0.3) is 0 Å². The van der Waals surface area contributed by atoms with Gasteiger partial charge in [0, 0.05) is 44.8 Å². The molecule has 1 radical (unpaired) electrons. The Hall–Kier alpha value is -6.84. The van der Waals surface area contributed by atoms with E-state index in [1.807, 2.05) is 0 Å². The molecule has 0 saturated carbocycles. The van der Waals surface area contributed by atoms with Crippen LogP contribution < -0.4 is 55.8 Å². The number of nitrogens with zero attached hydrogens (tertiary/aromatic N) is 8. The van der Waals surface area contributed by atoms with Gasteiger partial charge in [-0.15, -0.1) is 0 Å². The third-order valence-electron chi connectivity index (χ3n) is 8.51. The molecule has 4 aromatic carbocycles. The Morgan fingerprint density at radius 1 is 0.306 bits per heavy atom. The summed E-state index contributed by atoms with van der Waals surface area (Å²) in [5, 5.41) is 2.36. The third kappa shape index (κ3) is 4.30. The van der Waals surface area contributed by atoms with Crippen molar-refractivity contribution in [3.8, 4) is 45.6 Å². The zero-order chi connectivity index (χ0) is 33.2. The van der Waals surface area contributed by atoms with Gasteiger partial charge in [0.15, 0.2) is 0 Å². The van der Waals surface area contributed by atoms with Gasteiger partial charge in [-0.05, 0) is 70.1 Å². The number of rotatable bonds is 0. The second kappa shape index (κ2) is 10.1. The Balaban J connectivity index is 0.00000348. The molecular weight excluding hydrogens is 672 g/mol. The van der Waals surface area contributed by atoms with E-state index in [2.05, 4.69) is 0 Å². The van der Waals surface area contributed by atoms with E-state index in [1.54, 1.807) is 48.5 Å². The number of hydrogen-bond donors (Lipinski definition) is 8. The summed E-state index contributed by atoms with van der Waals surface area (Å²) in [4.78, 5) is 38.7. The van der Waals surface area contributed by atoms with Crippen LogP contribution in [0.2, 0.25) is 0 Å². The number of nitrogen functional groups attached to an aromatic ring is 8. The van der Waals surface area contributed by atoms with Crippen LogP contribution in [0.15, 0.2) is 48.5 Å². The first-order chi connectivity index (χ1) is 23.0. The van der Waals surface area contributed by atoms with E-state index >= 15 is 0 Å². The van der Waals surface area contributed by atoms with E-state index in [-0.39, 0.29) is 63.0 Å². The number of hydrogen-bond acceptors (Lipinski definition) is 14. The van der Waals surface area contributed by atoms with E-state index in [1.165, 1.54) is 0 Å². The van der Waals surface area contributed by atoms with E-state index < -0.39 is 0 Å². The Morgan fingerprint density at radius 2 is 0.510 bits per heavy atom. The Morgan fingerprint density at radius 3 is 0.735 bits per heavy atom. The Kier molecular flexibility index (Phi) is 6.08. The first-order valence-corrected chi connectivity index (χ1v) is 14.5. The van der Waals surface area contributed by atoms with Crippen LogP contribution in [0.4, 0.5) is 45.5 Å². The maximum Gasteiger partial charge on any atom is 2.00 e. The number of benzene rings is 4. The van der Waals surface area contributed by atoms with E-state index in [0.29, 0.717) is 89.3 Å². The normalized spacial score (nSPS) is 11.8. The van der Waals surface area contributed by atoms with Crippen molar-refractivity contribution in [3.63, 3.8) is 0 Å². The molecule has 3 aromatic heterocycles. The predicted octanol–water partition coefficient (Wildman–Crippen LogP) is 2.78. The number of nitrogens with two attached hydrogens (primary N) is 8. The molecule has 0 unspecified atom stereocenters. The summed E-state index contributed by atoms with van der Waals surface area (Å²) >= 11 is 0. The van der Waals surface area contributed by atoms with Gasteiger partial charge in [0.05, 0.1) is 68.8 Å². The average molecular weight is 696 g/mol. The molecule has 0 amide bonds. The SMILES string of the molecule is Nc1cc2c(cc1N)-c1nc-2nc2[n-]c(nc3nc(nc4[n-]c(n1)c1cc(N)c(N)cc41)-c1cc(N)c(N)cc1-3)c1cc(N)c(N)cc21.[Cu+2]. The van der Waals surface area contributed by atoms with Crippen LogP contribution in [-0.4, -0.2) is 29.9 Å². The van der Waals surface area contributed by atoms with Crippen molar-refractivity contribution in [2.75, 3.05) is 45.9 Å². The van der Waals surface area contributed by atoms with Crippen LogP contribution in [0.3, 0.4) is 0 Å². The van der Waals surface area contributed by atoms with Crippen molar-refractivity contribution in [2.24, 2.45) is 0 Å². The third-order valence-corrected chi connectivity index (χ3v) is 8.51. The molecule has 9 rings (SSSR count). The van der Waals surface area contributed by atoms with Crippen molar-refractivity contribution in [3.05, 3.63) is 48.5 Å². The second-order valence-corrected chi connectivity index (χ2v) is 11.6. The molecule has 17 heteroatoms. The van der Waals surface area contributed by atoms with Gasteiger partial charge in [-0.25, -0.2) is 9.97 Å². The van der Waals surface area contributed by atoms with E-state index in [0.717, 1.165) is 0 Å². The molecule has 16 N–H and O–H groups in total. The van der Waals surface area contributed by atoms with Crippen LogP contribution >= 0.6 is 0 Å². The number of fused-ring (bicyclic) bond motifs is 20. The summed E-state index contributed by atoms with van der Waals surface area (Å²) < 4.78 is 0. The predicted molar refractivity (Wildman–Crippen MR) is 189 cm³/mol. The average Bonchev–Trinajstić information content (AvgIpc) is 3.74. The molecular formula is C32H24CuN16. The van der Waals surface area contributed by atoms with Gasteiger partial charge in [-0.3, -0.25) is 0 Å². The standard InChI is InChI=1S/C32H24N16.Cu/c33-17-1-9-10(2-18(17)34)26-41-25(9)45-27-11-3-19(35)20(36)4-12(11)29(42-27)47-31-15-7-23(39)24(40)8-16(15)32(44-31)48-30-14-6-22(38)21(37)5-13(14)28(43-30)46-26;/h1-8H,33-40H2;/q-2;+2. The monoisotopic (exact) mass is 695 g/mol. The van der Waals surface area contributed by atoms with Crippen LogP contribution in [0.25, 0.3) is 89.7 Å². The fourth-order valence-corrected chi connectivity index (χ4v) is 5.98. The summed E-state index contributed by atoms with van der Waals surface area (Å²) in [6, 6.07) is 13.6. The maximum atomic E-state index is 6.24. The molecule has 2 aliphatic heterocycles. The van der Waals surface area contributed by atoms with Crippen LogP contribution in [0.1, 0.15) is 0 Å². The minimum Gasteiger partial charge on any atom is -0.397 e. The fourth-order valence-electron chi connectivity index (χ4n) is 5.98. The molecule has 7 aromatic rings. The number of aromatic nitrogens is 8. The summed E-state index contributed by atoms with van der Waals surface area (Å²) in [6.07, 6.45) is 0. The first-order valence-electron chi connectivity index (χ1n) is 14.5. The zero-order valence-corrected chi connectivity index (χ0v) is 26.1.